The number of halogens is 3. The largest absolute Gasteiger partial charge is 0.573 e. The first-order valence-corrected chi connectivity index (χ1v) is 9.02. The van der Waals surface area contributed by atoms with Gasteiger partial charge in [0.05, 0.1) is 6.54 Å². The number of benzene rings is 1. The van der Waals surface area contributed by atoms with Gasteiger partial charge in [0.25, 0.3) is 0 Å². The lowest BCUT2D eigenvalue weighted by Crippen LogP contribution is -2.50. The fourth-order valence-electron chi connectivity index (χ4n) is 2.80. The molecule has 0 atom stereocenters. The number of ether oxygens (including phenoxy) is 1. The average molecular weight is 416 g/mol. The highest BCUT2D eigenvalue weighted by Gasteiger charge is 2.31. The predicted molar refractivity (Wildman–Crippen MR) is 98.1 cm³/mol. The van der Waals surface area contributed by atoms with Crippen molar-refractivity contribution >= 4 is 23.4 Å². The van der Waals surface area contributed by atoms with Gasteiger partial charge in [-0.25, -0.2) is 0 Å². The number of piperazine rings is 1. The molecule has 0 radical (unpaired) electrons. The van der Waals surface area contributed by atoms with E-state index in [1.807, 2.05) is 4.90 Å². The van der Waals surface area contributed by atoms with Crippen molar-refractivity contribution in [3.63, 3.8) is 0 Å². The molecule has 2 N–H and O–H groups in total. The normalized spacial score (nSPS) is 15.0. The maximum Gasteiger partial charge on any atom is 0.573 e. The lowest BCUT2D eigenvalue weighted by atomic mass is 10.2. The fourth-order valence-corrected chi connectivity index (χ4v) is 2.80. The van der Waals surface area contributed by atoms with Crippen LogP contribution in [-0.2, 0) is 14.4 Å². The number of rotatable bonds is 7. The van der Waals surface area contributed by atoms with Crippen molar-refractivity contribution in [1.82, 2.24) is 15.1 Å². The van der Waals surface area contributed by atoms with E-state index in [1.54, 1.807) is 4.90 Å². The van der Waals surface area contributed by atoms with Crippen LogP contribution in [0.4, 0.5) is 18.9 Å². The van der Waals surface area contributed by atoms with Crippen molar-refractivity contribution in [1.29, 1.82) is 0 Å². The molecule has 1 saturated heterocycles. The second-order valence-electron chi connectivity index (χ2n) is 6.51. The van der Waals surface area contributed by atoms with Gasteiger partial charge < -0.3 is 20.3 Å². The summed E-state index contributed by atoms with van der Waals surface area (Å²) in [4.78, 5) is 38.6. The number of nitrogens with zero attached hydrogens (tertiary/aromatic N) is 2. The molecule has 11 heteroatoms. The molecule has 160 valence electrons. The second-order valence-corrected chi connectivity index (χ2v) is 6.51. The van der Waals surface area contributed by atoms with E-state index in [0.29, 0.717) is 38.4 Å². The molecular weight excluding hydrogens is 393 g/mol. The minimum absolute atomic E-state index is 0.0518. The van der Waals surface area contributed by atoms with Gasteiger partial charge in [0.2, 0.25) is 17.7 Å². The van der Waals surface area contributed by atoms with Crippen LogP contribution in [0.15, 0.2) is 24.3 Å². The van der Waals surface area contributed by atoms with E-state index in [9.17, 15) is 27.6 Å². The van der Waals surface area contributed by atoms with E-state index in [4.69, 9.17) is 0 Å². The molecule has 1 aliphatic rings. The summed E-state index contributed by atoms with van der Waals surface area (Å²) in [6.07, 6.45) is -4.54. The van der Waals surface area contributed by atoms with Crippen molar-refractivity contribution in [3.05, 3.63) is 24.3 Å². The first-order chi connectivity index (χ1) is 13.6. The van der Waals surface area contributed by atoms with Crippen LogP contribution < -0.4 is 15.4 Å². The van der Waals surface area contributed by atoms with Crippen LogP contribution in [0.3, 0.4) is 0 Å². The summed E-state index contributed by atoms with van der Waals surface area (Å²) < 4.78 is 40.2. The lowest BCUT2D eigenvalue weighted by molar-refractivity contribution is -0.274. The summed E-state index contributed by atoms with van der Waals surface area (Å²) in [5.74, 6) is -0.908. The zero-order chi connectivity index (χ0) is 21.4. The molecule has 1 aromatic carbocycles. The van der Waals surface area contributed by atoms with Gasteiger partial charge in [0.15, 0.2) is 0 Å². The Morgan fingerprint density at radius 1 is 1.07 bits per heavy atom. The lowest BCUT2D eigenvalue weighted by Gasteiger charge is -2.34. The van der Waals surface area contributed by atoms with Crippen molar-refractivity contribution in [3.8, 4) is 5.75 Å². The molecule has 2 rings (SSSR count). The summed E-state index contributed by atoms with van der Waals surface area (Å²) in [5, 5.41) is 5.19. The Morgan fingerprint density at radius 3 is 2.24 bits per heavy atom. The van der Waals surface area contributed by atoms with E-state index < -0.39 is 6.36 Å². The van der Waals surface area contributed by atoms with E-state index in [2.05, 4.69) is 15.4 Å². The standard InChI is InChI=1S/C18H23F3N4O4/c1-13(26)22-7-6-17(28)25-10-8-24(9-11-25)12-16(27)23-14-2-4-15(5-3-14)29-18(19,20)21/h2-5H,6-12H2,1H3,(H,22,26)(H,23,27). The monoisotopic (exact) mass is 416 g/mol. The average Bonchev–Trinajstić information content (AvgIpc) is 2.62. The summed E-state index contributed by atoms with van der Waals surface area (Å²) in [5.41, 5.74) is 0.358. The molecule has 29 heavy (non-hydrogen) atoms. The predicted octanol–water partition coefficient (Wildman–Crippen LogP) is 1.19. The molecule has 0 aliphatic carbocycles. The number of carbonyl (C=O) groups excluding carboxylic acids is 3. The van der Waals surface area contributed by atoms with Crippen molar-refractivity contribution in [2.45, 2.75) is 19.7 Å². The molecule has 0 unspecified atom stereocenters. The molecule has 1 heterocycles. The van der Waals surface area contributed by atoms with Crippen LogP contribution in [0.2, 0.25) is 0 Å². The van der Waals surface area contributed by atoms with Crippen LogP contribution in [-0.4, -0.2) is 73.2 Å². The van der Waals surface area contributed by atoms with Crippen molar-refractivity contribution < 1.29 is 32.3 Å². The number of hydrogen-bond donors (Lipinski definition) is 2. The Balaban J connectivity index is 1.71. The quantitative estimate of drug-likeness (QED) is 0.697. The molecular formula is C18H23F3N4O4. The highest BCUT2D eigenvalue weighted by molar-refractivity contribution is 5.92. The van der Waals surface area contributed by atoms with E-state index in [1.165, 1.54) is 19.1 Å². The second kappa shape index (κ2) is 10.1. The molecule has 0 saturated carbocycles. The molecule has 8 nitrogen and oxygen atoms in total. The Labute approximate surface area is 166 Å². The fraction of sp³-hybridized carbons (Fsp3) is 0.500. The third kappa shape index (κ3) is 8.38. The first kappa shape index (κ1) is 22.5. The summed E-state index contributed by atoms with van der Waals surface area (Å²) >= 11 is 0. The maximum absolute atomic E-state index is 12.1. The zero-order valence-corrected chi connectivity index (χ0v) is 15.9. The SMILES string of the molecule is CC(=O)NCCC(=O)N1CCN(CC(=O)Nc2ccc(OC(F)(F)F)cc2)CC1. The topological polar surface area (TPSA) is 91.0 Å². The van der Waals surface area contributed by atoms with Crippen LogP contribution >= 0.6 is 0 Å². The van der Waals surface area contributed by atoms with Gasteiger partial charge in [-0.2, -0.15) is 0 Å². The third-order valence-electron chi connectivity index (χ3n) is 4.18. The first-order valence-electron chi connectivity index (χ1n) is 9.02. The number of anilines is 1. The Bertz CT molecular complexity index is 717. The summed E-state index contributed by atoms with van der Waals surface area (Å²) in [6.45, 7) is 3.80. The molecule has 1 fully saturated rings. The van der Waals surface area contributed by atoms with Gasteiger partial charge in [-0.1, -0.05) is 0 Å². The minimum atomic E-state index is -4.77. The van der Waals surface area contributed by atoms with E-state index in [0.717, 1.165) is 12.1 Å². The number of amides is 3. The van der Waals surface area contributed by atoms with Crippen LogP contribution in [0.1, 0.15) is 13.3 Å². The van der Waals surface area contributed by atoms with Gasteiger partial charge in [0.1, 0.15) is 5.75 Å². The number of alkyl halides is 3. The molecule has 3 amide bonds. The van der Waals surface area contributed by atoms with E-state index >= 15 is 0 Å². The molecule has 1 aromatic rings. The molecule has 0 aromatic heterocycles. The smallest absolute Gasteiger partial charge is 0.406 e. The van der Waals surface area contributed by atoms with Gasteiger partial charge in [-0.15, -0.1) is 13.2 Å². The van der Waals surface area contributed by atoms with Gasteiger partial charge >= 0.3 is 6.36 Å². The summed E-state index contributed by atoms with van der Waals surface area (Å²) in [6, 6.07) is 4.89. The maximum atomic E-state index is 12.1. The van der Waals surface area contributed by atoms with Crippen molar-refractivity contribution in [2.75, 3.05) is 44.6 Å². The Morgan fingerprint density at radius 2 is 1.69 bits per heavy atom. The molecule has 0 spiro atoms. The Kier molecular flexibility index (Phi) is 7.82. The van der Waals surface area contributed by atoms with Crippen LogP contribution in [0.25, 0.3) is 0 Å². The van der Waals surface area contributed by atoms with Gasteiger partial charge in [0, 0.05) is 51.8 Å². The third-order valence-corrected chi connectivity index (χ3v) is 4.18. The van der Waals surface area contributed by atoms with Gasteiger partial charge in [-0.3, -0.25) is 19.3 Å². The van der Waals surface area contributed by atoms with Crippen LogP contribution in [0, 0.1) is 0 Å². The number of nitrogens with one attached hydrogen (secondary N) is 2. The highest BCUT2D eigenvalue weighted by atomic mass is 19.4. The van der Waals surface area contributed by atoms with E-state index in [-0.39, 0.29) is 36.4 Å². The summed E-state index contributed by atoms with van der Waals surface area (Å²) in [7, 11) is 0. The highest BCUT2D eigenvalue weighted by Crippen LogP contribution is 2.23. The van der Waals surface area contributed by atoms with Crippen LogP contribution in [0.5, 0.6) is 5.75 Å². The van der Waals surface area contributed by atoms with Crippen molar-refractivity contribution in [2.24, 2.45) is 0 Å². The number of carbonyl (C=O) groups is 3. The zero-order valence-electron chi connectivity index (χ0n) is 15.9. The Hall–Kier alpha value is -2.82. The number of hydrogen-bond acceptors (Lipinski definition) is 5. The minimum Gasteiger partial charge on any atom is -0.406 e. The van der Waals surface area contributed by atoms with Gasteiger partial charge in [-0.05, 0) is 24.3 Å². The molecule has 0 bridgehead atoms. The molecule has 1 aliphatic heterocycles.